The van der Waals surface area contributed by atoms with Crippen molar-refractivity contribution in [2.45, 2.75) is 26.9 Å². The third-order valence-electron chi connectivity index (χ3n) is 5.88. The molecule has 1 saturated heterocycles. The molecule has 3 aromatic rings. The van der Waals surface area contributed by atoms with Gasteiger partial charge < -0.3 is 19.2 Å². The summed E-state index contributed by atoms with van der Waals surface area (Å²) in [6.45, 7) is 8.51. The zero-order chi connectivity index (χ0) is 22.5. The zero-order valence-corrected chi connectivity index (χ0v) is 18.6. The van der Waals surface area contributed by atoms with Gasteiger partial charge in [-0.15, -0.1) is 0 Å². The Morgan fingerprint density at radius 2 is 1.88 bits per heavy atom. The maximum absolute atomic E-state index is 13.1. The Balaban J connectivity index is 1.48. The number of nitrogens with zero attached hydrogens (tertiary/aromatic N) is 4. The highest BCUT2D eigenvalue weighted by atomic mass is 16.5. The number of ether oxygens (including phenoxy) is 1. The standard InChI is InChI=1S/C24H29N5O3/c1-18-7-9-28(12-11-27-13-15-32-16-14-27)24(31)22(18)23(30)26-17-20-5-3-4-6-21(20)29-10-8-25-19(29)2/h3-10H,11-17H2,1-2H3,(H,26,30). The number of hydrogen-bond donors (Lipinski definition) is 1. The van der Waals surface area contributed by atoms with Crippen molar-refractivity contribution in [1.29, 1.82) is 0 Å². The number of carbonyl (C=O) groups is 1. The molecule has 1 aliphatic heterocycles. The Morgan fingerprint density at radius 1 is 1.09 bits per heavy atom. The summed E-state index contributed by atoms with van der Waals surface area (Å²) in [5, 5.41) is 2.94. The van der Waals surface area contributed by atoms with Gasteiger partial charge in [-0.05, 0) is 37.1 Å². The highest BCUT2D eigenvalue weighted by molar-refractivity contribution is 5.95. The van der Waals surface area contributed by atoms with Crippen molar-refractivity contribution in [3.63, 3.8) is 0 Å². The van der Waals surface area contributed by atoms with Crippen LogP contribution in [0.25, 0.3) is 5.69 Å². The molecule has 1 aromatic carbocycles. The second-order valence-corrected chi connectivity index (χ2v) is 7.98. The number of para-hydroxylation sites is 1. The van der Waals surface area contributed by atoms with Gasteiger partial charge in [0.05, 0.1) is 18.9 Å². The molecule has 0 atom stereocenters. The summed E-state index contributed by atoms with van der Waals surface area (Å²) in [6.07, 6.45) is 5.41. The second kappa shape index (κ2) is 9.93. The van der Waals surface area contributed by atoms with Crippen molar-refractivity contribution in [2.75, 3.05) is 32.8 Å². The quantitative estimate of drug-likeness (QED) is 0.613. The van der Waals surface area contributed by atoms with Gasteiger partial charge in [0.25, 0.3) is 11.5 Å². The van der Waals surface area contributed by atoms with E-state index in [1.807, 2.05) is 48.0 Å². The van der Waals surface area contributed by atoms with Crippen molar-refractivity contribution in [2.24, 2.45) is 0 Å². The first-order valence-corrected chi connectivity index (χ1v) is 10.9. The number of amides is 1. The summed E-state index contributed by atoms with van der Waals surface area (Å²) in [7, 11) is 0. The van der Waals surface area contributed by atoms with Gasteiger partial charge in [-0.1, -0.05) is 18.2 Å². The van der Waals surface area contributed by atoms with Crippen molar-refractivity contribution in [3.05, 3.63) is 81.8 Å². The van der Waals surface area contributed by atoms with E-state index in [1.54, 1.807) is 23.9 Å². The highest BCUT2D eigenvalue weighted by Crippen LogP contribution is 2.16. The molecule has 2 aromatic heterocycles. The molecule has 1 fully saturated rings. The molecule has 1 N–H and O–H groups in total. The van der Waals surface area contributed by atoms with Crippen LogP contribution in [0.2, 0.25) is 0 Å². The molecule has 0 saturated carbocycles. The van der Waals surface area contributed by atoms with Gasteiger partial charge in [-0.25, -0.2) is 4.98 Å². The lowest BCUT2D eigenvalue weighted by Gasteiger charge is -2.26. The van der Waals surface area contributed by atoms with E-state index in [0.717, 1.165) is 49.9 Å². The Morgan fingerprint density at radius 3 is 2.62 bits per heavy atom. The largest absolute Gasteiger partial charge is 0.379 e. The van der Waals surface area contributed by atoms with Gasteiger partial charge in [-0.3, -0.25) is 14.5 Å². The number of pyridine rings is 1. The molecule has 32 heavy (non-hydrogen) atoms. The average Bonchev–Trinajstić information content (AvgIpc) is 3.23. The molecule has 4 rings (SSSR count). The second-order valence-electron chi connectivity index (χ2n) is 7.98. The minimum absolute atomic E-state index is 0.200. The van der Waals surface area contributed by atoms with Crippen molar-refractivity contribution >= 4 is 5.91 Å². The minimum Gasteiger partial charge on any atom is -0.379 e. The lowest BCUT2D eigenvalue weighted by atomic mass is 10.1. The van der Waals surface area contributed by atoms with Crippen LogP contribution in [-0.4, -0.2) is 57.8 Å². The van der Waals surface area contributed by atoms with E-state index in [9.17, 15) is 9.59 Å². The van der Waals surface area contributed by atoms with Gasteiger partial charge in [-0.2, -0.15) is 0 Å². The number of morpholine rings is 1. The molecular weight excluding hydrogens is 406 g/mol. The lowest BCUT2D eigenvalue weighted by Crippen LogP contribution is -2.40. The monoisotopic (exact) mass is 435 g/mol. The Kier molecular flexibility index (Phi) is 6.82. The van der Waals surface area contributed by atoms with Crippen LogP contribution in [-0.2, 0) is 17.8 Å². The molecule has 0 spiro atoms. The summed E-state index contributed by atoms with van der Waals surface area (Å²) >= 11 is 0. The molecule has 1 amide bonds. The molecule has 1 aliphatic rings. The zero-order valence-electron chi connectivity index (χ0n) is 18.6. The Labute approximate surface area is 187 Å². The third-order valence-corrected chi connectivity index (χ3v) is 5.88. The maximum Gasteiger partial charge on any atom is 0.263 e. The minimum atomic E-state index is -0.356. The fourth-order valence-electron chi connectivity index (χ4n) is 3.98. The number of carbonyl (C=O) groups excluding carboxylic acids is 1. The van der Waals surface area contributed by atoms with Crippen LogP contribution >= 0.6 is 0 Å². The van der Waals surface area contributed by atoms with Crippen molar-refractivity contribution < 1.29 is 9.53 Å². The van der Waals surface area contributed by atoms with E-state index in [-0.39, 0.29) is 17.0 Å². The fraction of sp³-hybridized carbons (Fsp3) is 0.375. The van der Waals surface area contributed by atoms with Crippen LogP contribution in [0.3, 0.4) is 0 Å². The number of nitrogens with one attached hydrogen (secondary N) is 1. The van der Waals surface area contributed by atoms with Gasteiger partial charge in [0.15, 0.2) is 0 Å². The third kappa shape index (κ3) is 4.81. The summed E-state index contributed by atoms with van der Waals surface area (Å²) in [5.41, 5.74) is 2.52. The topological polar surface area (TPSA) is 81.4 Å². The average molecular weight is 436 g/mol. The number of hydrogen-bond acceptors (Lipinski definition) is 5. The predicted octanol–water partition coefficient (Wildman–Crippen LogP) is 1.91. The van der Waals surface area contributed by atoms with E-state index >= 15 is 0 Å². The van der Waals surface area contributed by atoms with Crippen LogP contribution in [0, 0.1) is 13.8 Å². The van der Waals surface area contributed by atoms with Gasteiger partial charge in [0.1, 0.15) is 11.4 Å². The summed E-state index contributed by atoms with van der Waals surface area (Å²) in [6, 6.07) is 9.67. The first kappa shape index (κ1) is 22.0. The maximum atomic E-state index is 13.1. The fourth-order valence-corrected chi connectivity index (χ4v) is 3.98. The smallest absolute Gasteiger partial charge is 0.263 e. The van der Waals surface area contributed by atoms with E-state index < -0.39 is 0 Å². The lowest BCUT2D eigenvalue weighted by molar-refractivity contribution is 0.0362. The number of aromatic nitrogens is 3. The normalized spacial score (nSPS) is 14.4. The van der Waals surface area contributed by atoms with E-state index in [2.05, 4.69) is 15.2 Å². The molecule has 0 radical (unpaired) electrons. The van der Waals surface area contributed by atoms with E-state index in [4.69, 9.17) is 4.74 Å². The molecule has 0 aliphatic carbocycles. The number of rotatable bonds is 7. The van der Waals surface area contributed by atoms with Gasteiger partial charge in [0.2, 0.25) is 0 Å². The molecule has 0 unspecified atom stereocenters. The van der Waals surface area contributed by atoms with E-state index in [0.29, 0.717) is 18.7 Å². The summed E-state index contributed by atoms with van der Waals surface area (Å²) in [5.74, 6) is 0.510. The van der Waals surface area contributed by atoms with Gasteiger partial charge in [0, 0.05) is 51.3 Å². The van der Waals surface area contributed by atoms with Crippen LogP contribution in [0.15, 0.2) is 53.7 Å². The van der Waals surface area contributed by atoms with Crippen LogP contribution in [0.1, 0.15) is 27.3 Å². The van der Waals surface area contributed by atoms with Crippen molar-refractivity contribution in [1.82, 2.24) is 24.3 Å². The van der Waals surface area contributed by atoms with Crippen LogP contribution in [0.4, 0.5) is 0 Å². The molecule has 0 bridgehead atoms. The predicted molar refractivity (Wildman–Crippen MR) is 122 cm³/mol. The van der Waals surface area contributed by atoms with Gasteiger partial charge >= 0.3 is 0 Å². The molecule has 8 nitrogen and oxygen atoms in total. The molecular formula is C24H29N5O3. The Hall–Kier alpha value is -3.23. The number of aryl methyl sites for hydroxylation is 2. The van der Waals surface area contributed by atoms with Crippen molar-refractivity contribution in [3.8, 4) is 5.69 Å². The first-order chi connectivity index (χ1) is 15.5. The van der Waals surface area contributed by atoms with Crippen LogP contribution < -0.4 is 10.9 Å². The number of benzene rings is 1. The summed E-state index contributed by atoms with van der Waals surface area (Å²) in [4.78, 5) is 32.6. The first-order valence-electron chi connectivity index (χ1n) is 10.9. The Bertz CT molecular complexity index is 1140. The molecule has 168 valence electrons. The van der Waals surface area contributed by atoms with Crippen LogP contribution in [0.5, 0.6) is 0 Å². The van der Waals surface area contributed by atoms with E-state index in [1.165, 1.54) is 0 Å². The summed E-state index contributed by atoms with van der Waals surface area (Å²) < 4.78 is 8.98. The molecule has 3 heterocycles. The molecule has 8 heteroatoms. The SMILES string of the molecule is Cc1ccn(CCN2CCOCC2)c(=O)c1C(=O)NCc1ccccc1-n1ccnc1C. The number of imidazole rings is 1. The highest BCUT2D eigenvalue weighted by Gasteiger charge is 2.17.